The summed E-state index contributed by atoms with van der Waals surface area (Å²) in [6, 6.07) is 5.32. The van der Waals surface area contributed by atoms with Crippen LogP contribution in [0.3, 0.4) is 0 Å². The first-order valence-corrected chi connectivity index (χ1v) is 9.25. The molecule has 0 saturated heterocycles. The van der Waals surface area contributed by atoms with Crippen molar-refractivity contribution < 1.29 is 14.7 Å². The lowest BCUT2D eigenvalue weighted by Gasteiger charge is -2.27. The van der Waals surface area contributed by atoms with Crippen LogP contribution in [0, 0.1) is 0 Å². The van der Waals surface area contributed by atoms with Gasteiger partial charge in [-0.05, 0) is 37.3 Å². The van der Waals surface area contributed by atoms with E-state index in [2.05, 4.69) is 15.7 Å². The summed E-state index contributed by atoms with van der Waals surface area (Å²) < 4.78 is 1.42. The summed E-state index contributed by atoms with van der Waals surface area (Å²) >= 11 is 6.26. The highest BCUT2D eigenvalue weighted by Crippen LogP contribution is 2.38. The highest BCUT2D eigenvalue weighted by molar-refractivity contribution is 6.33. The molecule has 1 amide bonds. The number of nitrogens with two attached hydrogens (primary N) is 1. The number of para-hydroxylation sites is 1. The Kier molecular flexibility index (Phi) is 4.43. The first-order valence-electron chi connectivity index (χ1n) is 8.88. The van der Waals surface area contributed by atoms with Gasteiger partial charge < -0.3 is 21.5 Å². The molecule has 8 nitrogen and oxygen atoms in total. The molecule has 1 aliphatic heterocycles. The molecule has 2 heterocycles. The average Bonchev–Trinajstić information content (AvgIpc) is 2.97. The Morgan fingerprint density at radius 1 is 1.37 bits per heavy atom. The largest absolute Gasteiger partial charge is 0.465 e. The monoisotopic (exact) mass is 389 g/mol. The number of carbonyl (C=O) groups excluding carboxylic acids is 1. The number of carbonyl (C=O) groups is 2. The van der Waals surface area contributed by atoms with E-state index in [1.54, 1.807) is 6.07 Å². The van der Waals surface area contributed by atoms with Crippen molar-refractivity contribution in [2.24, 2.45) is 0 Å². The molecular weight excluding hydrogens is 370 g/mol. The predicted octanol–water partition coefficient (Wildman–Crippen LogP) is 2.48. The first-order chi connectivity index (χ1) is 13.0. The fourth-order valence-corrected chi connectivity index (χ4v) is 4.29. The zero-order chi connectivity index (χ0) is 19.1. The minimum absolute atomic E-state index is 0.127. The van der Waals surface area contributed by atoms with Gasteiger partial charge in [0.2, 0.25) is 0 Å². The molecule has 142 valence electrons. The number of benzene rings is 1. The SMILES string of the molecule is Nc1nn(C(=O)C2CCNc3c(Cl)cccc32)c2c1CC(NC(=O)O)CC2. The molecule has 1 aromatic heterocycles. The van der Waals surface area contributed by atoms with Gasteiger partial charge in [-0.2, -0.15) is 0 Å². The number of rotatable bonds is 2. The van der Waals surface area contributed by atoms with E-state index in [1.807, 2.05) is 12.1 Å². The van der Waals surface area contributed by atoms with Crippen molar-refractivity contribution in [2.75, 3.05) is 17.6 Å². The van der Waals surface area contributed by atoms with Crippen molar-refractivity contribution in [2.45, 2.75) is 37.6 Å². The molecule has 9 heteroatoms. The second-order valence-corrected chi connectivity index (χ2v) is 7.33. The van der Waals surface area contributed by atoms with Gasteiger partial charge in [0.25, 0.3) is 5.91 Å². The molecule has 2 unspecified atom stereocenters. The molecule has 2 atom stereocenters. The summed E-state index contributed by atoms with van der Waals surface area (Å²) in [6.45, 7) is 0.649. The molecule has 1 aliphatic carbocycles. The lowest BCUT2D eigenvalue weighted by Crippen LogP contribution is -2.38. The predicted molar refractivity (Wildman–Crippen MR) is 102 cm³/mol. The van der Waals surface area contributed by atoms with Gasteiger partial charge in [0.15, 0.2) is 0 Å². The van der Waals surface area contributed by atoms with E-state index in [0.29, 0.717) is 37.3 Å². The quantitative estimate of drug-likeness (QED) is 0.625. The second kappa shape index (κ2) is 6.77. The lowest BCUT2D eigenvalue weighted by molar-refractivity contribution is 0.0851. The fraction of sp³-hybridized carbons (Fsp3) is 0.389. The van der Waals surface area contributed by atoms with Crippen molar-refractivity contribution in [3.63, 3.8) is 0 Å². The van der Waals surface area contributed by atoms with Crippen LogP contribution in [-0.2, 0) is 12.8 Å². The topological polar surface area (TPSA) is 122 Å². The summed E-state index contributed by atoms with van der Waals surface area (Å²) in [5, 5.41) is 19.6. The van der Waals surface area contributed by atoms with E-state index in [1.165, 1.54) is 4.68 Å². The minimum Gasteiger partial charge on any atom is -0.465 e. The summed E-state index contributed by atoms with van der Waals surface area (Å²) in [7, 11) is 0. The van der Waals surface area contributed by atoms with Crippen LogP contribution in [0.5, 0.6) is 0 Å². The normalized spacial score (nSPS) is 20.9. The number of halogens is 1. The minimum atomic E-state index is -1.06. The summed E-state index contributed by atoms with van der Waals surface area (Å²) in [5.41, 5.74) is 9.25. The number of nitrogens with zero attached hydrogens (tertiary/aromatic N) is 2. The average molecular weight is 390 g/mol. The van der Waals surface area contributed by atoms with E-state index < -0.39 is 6.09 Å². The van der Waals surface area contributed by atoms with Gasteiger partial charge in [-0.1, -0.05) is 23.7 Å². The number of fused-ring (bicyclic) bond motifs is 2. The third kappa shape index (κ3) is 3.10. The second-order valence-electron chi connectivity index (χ2n) is 6.92. The maximum atomic E-state index is 13.3. The van der Waals surface area contributed by atoms with E-state index in [4.69, 9.17) is 22.4 Å². The van der Waals surface area contributed by atoms with Gasteiger partial charge in [0, 0.05) is 18.2 Å². The number of amides is 1. The summed E-state index contributed by atoms with van der Waals surface area (Å²) in [4.78, 5) is 24.2. The third-order valence-electron chi connectivity index (χ3n) is 5.29. The van der Waals surface area contributed by atoms with Crippen LogP contribution in [0.25, 0.3) is 0 Å². The van der Waals surface area contributed by atoms with E-state index in [-0.39, 0.29) is 23.7 Å². The molecule has 0 fully saturated rings. The van der Waals surface area contributed by atoms with Gasteiger partial charge in [-0.3, -0.25) is 4.79 Å². The molecule has 2 aromatic rings. The van der Waals surface area contributed by atoms with E-state index in [9.17, 15) is 9.59 Å². The van der Waals surface area contributed by atoms with Crippen LogP contribution in [0.2, 0.25) is 5.02 Å². The van der Waals surface area contributed by atoms with Crippen molar-refractivity contribution >= 4 is 35.1 Å². The number of nitrogen functional groups attached to an aromatic ring is 1. The van der Waals surface area contributed by atoms with Gasteiger partial charge in [-0.15, -0.1) is 5.10 Å². The Morgan fingerprint density at radius 2 is 2.19 bits per heavy atom. The Balaban J connectivity index is 1.66. The third-order valence-corrected chi connectivity index (χ3v) is 5.61. The summed E-state index contributed by atoms with van der Waals surface area (Å²) in [5.74, 6) is -0.189. The van der Waals surface area contributed by atoms with Gasteiger partial charge in [-0.25, -0.2) is 9.48 Å². The zero-order valence-corrected chi connectivity index (χ0v) is 15.3. The van der Waals surface area contributed by atoms with Crippen LogP contribution in [0.4, 0.5) is 16.3 Å². The molecule has 0 bridgehead atoms. The van der Waals surface area contributed by atoms with Crippen molar-refractivity contribution in [1.29, 1.82) is 0 Å². The first kappa shape index (κ1) is 17.7. The Morgan fingerprint density at radius 3 is 2.96 bits per heavy atom. The highest BCUT2D eigenvalue weighted by Gasteiger charge is 2.33. The van der Waals surface area contributed by atoms with Crippen LogP contribution in [0.1, 0.15) is 40.4 Å². The lowest BCUT2D eigenvalue weighted by atomic mass is 9.89. The fourth-order valence-electron chi connectivity index (χ4n) is 4.04. The molecule has 27 heavy (non-hydrogen) atoms. The molecule has 5 N–H and O–H groups in total. The van der Waals surface area contributed by atoms with Gasteiger partial charge in [0.05, 0.1) is 22.3 Å². The molecule has 2 aliphatic rings. The van der Waals surface area contributed by atoms with Gasteiger partial charge >= 0.3 is 6.09 Å². The summed E-state index contributed by atoms with van der Waals surface area (Å²) in [6.07, 6.45) is 1.17. The number of carboxylic acid groups (broad SMARTS) is 1. The number of nitrogens with one attached hydrogen (secondary N) is 2. The number of anilines is 2. The standard InChI is InChI=1S/C18H20ClN5O3/c19-13-3-1-2-10-11(6-7-21-15(10)13)17(25)24-14-5-4-9(22-18(26)27)8-12(14)16(20)23-24/h1-3,9,11,21-22H,4-8H2,(H2,20,23)(H,26,27). The number of aromatic nitrogens is 2. The Labute approximate surface area is 160 Å². The Bertz CT molecular complexity index is 926. The smallest absolute Gasteiger partial charge is 0.404 e. The van der Waals surface area contributed by atoms with Crippen LogP contribution >= 0.6 is 11.6 Å². The number of hydrogen-bond donors (Lipinski definition) is 4. The van der Waals surface area contributed by atoms with Gasteiger partial charge in [0.1, 0.15) is 5.82 Å². The van der Waals surface area contributed by atoms with Crippen molar-refractivity contribution in [1.82, 2.24) is 15.1 Å². The molecular formula is C18H20ClN5O3. The maximum absolute atomic E-state index is 13.3. The molecule has 4 rings (SSSR count). The molecule has 0 saturated carbocycles. The Hall–Kier alpha value is -2.74. The van der Waals surface area contributed by atoms with Crippen LogP contribution < -0.4 is 16.4 Å². The maximum Gasteiger partial charge on any atom is 0.404 e. The van der Waals surface area contributed by atoms with Crippen molar-refractivity contribution in [3.05, 3.63) is 40.0 Å². The van der Waals surface area contributed by atoms with E-state index >= 15 is 0 Å². The molecule has 0 spiro atoms. The molecule has 0 radical (unpaired) electrons. The zero-order valence-electron chi connectivity index (χ0n) is 14.5. The number of hydrogen-bond acceptors (Lipinski definition) is 5. The van der Waals surface area contributed by atoms with E-state index in [0.717, 1.165) is 22.5 Å². The van der Waals surface area contributed by atoms with Crippen LogP contribution in [-0.4, -0.2) is 39.5 Å². The van der Waals surface area contributed by atoms with Crippen LogP contribution in [0.15, 0.2) is 18.2 Å². The van der Waals surface area contributed by atoms with Crippen molar-refractivity contribution in [3.8, 4) is 0 Å². The highest BCUT2D eigenvalue weighted by atomic mass is 35.5. The molecule has 1 aromatic carbocycles.